The highest BCUT2D eigenvalue weighted by molar-refractivity contribution is 14.0. The summed E-state index contributed by atoms with van der Waals surface area (Å²) in [5, 5.41) is 6.13. The van der Waals surface area contributed by atoms with Gasteiger partial charge in [-0.05, 0) is 26.0 Å². The van der Waals surface area contributed by atoms with Crippen LogP contribution >= 0.6 is 24.0 Å². The van der Waals surface area contributed by atoms with Gasteiger partial charge in [0.25, 0.3) is 0 Å². The molecule has 1 aromatic carbocycles. The molecule has 0 radical (unpaired) electrons. The zero-order valence-electron chi connectivity index (χ0n) is 15.8. The van der Waals surface area contributed by atoms with Crippen LogP contribution in [0.15, 0.2) is 29.3 Å². The number of benzene rings is 1. The standard InChI is InChI=1S/C17H29N3O4S.HI/c1-5-18-17(19-10-11-25(21,22)6-2)20-13-14(3)24-16-9-7-8-15(12-16)23-4;/h7-9,12,14H,5-6,10-11,13H2,1-4H3,(H2,18,19,20);1H. The van der Waals surface area contributed by atoms with Gasteiger partial charge in [-0.3, -0.25) is 0 Å². The fourth-order valence-corrected chi connectivity index (χ4v) is 2.68. The summed E-state index contributed by atoms with van der Waals surface area (Å²) in [5.74, 6) is 2.27. The Hall–Kier alpha value is -1.23. The molecular formula is C17H30IN3O4S. The number of nitrogens with zero attached hydrogens (tertiary/aromatic N) is 1. The zero-order chi connectivity index (χ0) is 18.7. The van der Waals surface area contributed by atoms with Crippen LogP contribution in [-0.2, 0) is 9.84 Å². The van der Waals surface area contributed by atoms with Crippen LogP contribution in [0, 0.1) is 0 Å². The minimum Gasteiger partial charge on any atom is -0.497 e. The van der Waals surface area contributed by atoms with Crippen LogP contribution in [0.5, 0.6) is 11.5 Å². The van der Waals surface area contributed by atoms with Crippen LogP contribution in [0.4, 0.5) is 0 Å². The number of hydrogen-bond donors (Lipinski definition) is 2. The largest absolute Gasteiger partial charge is 0.497 e. The van der Waals surface area contributed by atoms with Crippen molar-refractivity contribution in [1.82, 2.24) is 10.6 Å². The highest BCUT2D eigenvalue weighted by Crippen LogP contribution is 2.19. The number of halogens is 1. The van der Waals surface area contributed by atoms with Gasteiger partial charge in [-0.2, -0.15) is 0 Å². The minimum absolute atomic E-state index is 0. The molecule has 150 valence electrons. The van der Waals surface area contributed by atoms with Crippen LogP contribution in [-0.4, -0.2) is 58.7 Å². The van der Waals surface area contributed by atoms with E-state index in [1.807, 2.05) is 38.1 Å². The Morgan fingerprint density at radius 2 is 1.92 bits per heavy atom. The first-order chi connectivity index (χ1) is 11.9. The first-order valence-electron chi connectivity index (χ1n) is 8.43. The Kier molecular flexibility index (Phi) is 12.4. The molecule has 2 N–H and O–H groups in total. The Bertz CT molecular complexity index is 653. The summed E-state index contributed by atoms with van der Waals surface area (Å²) in [6.45, 7) is 6.98. The van der Waals surface area contributed by atoms with Gasteiger partial charge in [0.15, 0.2) is 15.8 Å². The number of guanidine groups is 1. The number of hydrogen-bond acceptors (Lipinski definition) is 5. The fraction of sp³-hybridized carbons (Fsp3) is 0.588. The average molecular weight is 499 g/mol. The smallest absolute Gasteiger partial charge is 0.191 e. The second-order valence-corrected chi connectivity index (χ2v) is 7.96. The molecule has 0 saturated heterocycles. The summed E-state index contributed by atoms with van der Waals surface area (Å²) in [4.78, 5) is 4.44. The summed E-state index contributed by atoms with van der Waals surface area (Å²) in [5.41, 5.74) is 0. The summed E-state index contributed by atoms with van der Waals surface area (Å²) >= 11 is 0. The maximum absolute atomic E-state index is 11.5. The van der Waals surface area contributed by atoms with Gasteiger partial charge in [-0.25, -0.2) is 13.4 Å². The molecule has 1 atom stereocenters. The molecule has 1 rings (SSSR count). The number of aliphatic imine (C=N–C) groups is 1. The van der Waals surface area contributed by atoms with Crippen LogP contribution in [0.25, 0.3) is 0 Å². The summed E-state index contributed by atoms with van der Waals surface area (Å²) < 4.78 is 34.1. The second-order valence-electron chi connectivity index (χ2n) is 5.49. The van der Waals surface area contributed by atoms with E-state index in [-0.39, 0.29) is 41.6 Å². The van der Waals surface area contributed by atoms with E-state index in [1.54, 1.807) is 14.0 Å². The van der Waals surface area contributed by atoms with Gasteiger partial charge in [-0.1, -0.05) is 13.0 Å². The Morgan fingerprint density at radius 3 is 2.54 bits per heavy atom. The number of nitrogens with one attached hydrogen (secondary N) is 2. The lowest BCUT2D eigenvalue weighted by Gasteiger charge is -2.15. The van der Waals surface area contributed by atoms with Crippen molar-refractivity contribution in [2.45, 2.75) is 26.9 Å². The van der Waals surface area contributed by atoms with Crippen molar-refractivity contribution in [3.8, 4) is 11.5 Å². The number of methoxy groups -OCH3 is 1. The van der Waals surface area contributed by atoms with Gasteiger partial charge in [-0.15, -0.1) is 24.0 Å². The van der Waals surface area contributed by atoms with E-state index in [1.165, 1.54) is 0 Å². The average Bonchev–Trinajstić information content (AvgIpc) is 2.59. The predicted octanol–water partition coefficient (Wildman–Crippen LogP) is 2.07. The van der Waals surface area contributed by atoms with E-state index in [9.17, 15) is 8.42 Å². The monoisotopic (exact) mass is 499 g/mol. The Morgan fingerprint density at radius 1 is 1.23 bits per heavy atom. The highest BCUT2D eigenvalue weighted by Gasteiger charge is 2.08. The van der Waals surface area contributed by atoms with Gasteiger partial charge in [0.1, 0.15) is 17.6 Å². The minimum atomic E-state index is -2.99. The number of sulfone groups is 1. The lowest BCUT2D eigenvalue weighted by molar-refractivity contribution is 0.229. The molecule has 0 spiro atoms. The first kappa shape index (κ1) is 24.8. The summed E-state index contributed by atoms with van der Waals surface area (Å²) in [6.07, 6.45) is -0.137. The molecule has 0 aromatic heterocycles. The predicted molar refractivity (Wildman–Crippen MR) is 117 cm³/mol. The molecule has 7 nitrogen and oxygen atoms in total. The van der Waals surface area contributed by atoms with Gasteiger partial charge in [0.05, 0.1) is 19.4 Å². The highest BCUT2D eigenvalue weighted by atomic mass is 127. The van der Waals surface area contributed by atoms with Gasteiger partial charge < -0.3 is 20.1 Å². The molecule has 26 heavy (non-hydrogen) atoms. The normalized spacial score (nSPS) is 12.7. The third-order valence-electron chi connectivity index (χ3n) is 3.37. The molecule has 0 aliphatic rings. The van der Waals surface area contributed by atoms with Crippen molar-refractivity contribution in [2.24, 2.45) is 4.99 Å². The molecule has 0 saturated carbocycles. The van der Waals surface area contributed by atoms with E-state index < -0.39 is 9.84 Å². The van der Waals surface area contributed by atoms with Crippen molar-refractivity contribution in [2.75, 3.05) is 38.2 Å². The van der Waals surface area contributed by atoms with Crippen molar-refractivity contribution >= 4 is 39.8 Å². The van der Waals surface area contributed by atoms with E-state index in [0.29, 0.717) is 31.3 Å². The van der Waals surface area contributed by atoms with Crippen molar-refractivity contribution in [3.63, 3.8) is 0 Å². The molecule has 1 unspecified atom stereocenters. The van der Waals surface area contributed by atoms with E-state index in [2.05, 4.69) is 15.6 Å². The third-order valence-corrected chi connectivity index (χ3v) is 5.08. The van der Waals surface area contributed by atoms with Gasteiger partial charge in [0, 0.05) is 24.9 Å². The van der Waals surface area contributed by atoms with Crippen LogP contribution in [0.2, 0.25) is 0 Å². The molecule has 0 bridgehead atoms. The quantitative estimate of drug-likeness (QED) is 0.291. The SMILES string of the molecule is CCNC(=NCC(C)Oc1cccc(OC)c1)NCCS(=O)(=O)CC.I. The van der Waals surface area contributed by atoms with Crippen molar-refractivity contribution < 1.29 is 17.9 Å². The molecule has 0 aliphatic heterocycles. The Labute approximate surface area is 173 Å². The zero-order valence-corrected chi connectivity index (χ0v) is 19.0. The van der Waals surface area contributed by atoms with Gasteiger partial charge in [0.2, 0.25) is 0 Å². The van der Waals surface area contributed by atoms with Crippen molar-refractivity contribution in [1.29, 1.82) is 0 Å². The summed E-state index contributed by atoms with van der Waals surface area (Å²) in [6, 6.07) is 7.40. The van der Waals surface area contributed by atoms with Crippen LogP contribution in [0.1, 0.15) is 20.8 Å². The molecule has 1 aromatic rings. The van der Waals surface area contributed by atoms with Crippen LogP contribution < -0.4 is 20.1 Å². The molecular weight excluding hydrogens is 469 g/mol. The van der Waals surface area contributed by atoms with Gasteiger partial charge >= 0.3 is 0 Å². The molecule has 9 heteroatoms. The maximum atomic E-state index is 11.5. The number of ether oxygens (including phenoxy) is 2. The first-order valence-corrected chi connectivity index (χ1v) is 10.3. The molecule has 0 aliphatic carbocycles. The second kappa shape index (κ2) is 13.0. The number of rotatable bonds is 10. The lowest BCUT2D eigenvalue weighted by atomic mass is 10.3. The summed E-state index contributed by atoms with van der Waals surface area (Å²) in [7, 11) is -1.38. The lowest BCUT2D eigenvalue weighted by Crippen LogP contribution is -2.40. The van der Waals surface area contributed by atoms with E-state index in [0.717, 1.165) is 5.75 Å². The van der Waals surface area contributed by atoms with Crippen molar-refractivity contribution in [3.05, 3.63) is 24.3 Å². The van der Waals surface area contributed by atoms with E-state index in [4.69, 9.17) is 9.47 Å². The van der Waals surface area contributed by atoms with Crippen LogP contribution in [0.3, 0.4) is 0 Å². The maximum Gasteiger partial charge on any atom is 0.191 e. The van der Waals surface area contributed by atoms with E-state index >= 15 is 0 Å². The third kappa shape index (κ3) is 10.0. The Balaban J connectivity index is 0.00000625. The molecule has 0 heterocycles. The molecule has 0 amide bonds. The molecule has 0 fully saturated rings. The fourth-order valence-electron chi connectivity index (χ4n) is 1.97. The topological polar surface area (TPSA) is 89.0 Å².